The predicted molar refractivity (Wildman–Crippen MR) is 84.9 cm³/mol. The van der Waals surface area contributed by atoms with Gasteiger partial charge in [0.15, 0.2) is 5.78 Å². The van der Waals surface area contributed by atoms with E-state index in [1.165, 1.54) is 5.56 Å². The van der Waals surface area contributed by atoms with E-state index in [2.05, 4.69) is 12.1 Å². The molecule has 0 aliphatic rings. The van der Waals surface area contributed by atoms with Crippen LogP contribution in [0.25, 0.3) is 6.08 Å². The molecular weight excluding hydrogens is 268 g/mol. The van der Waals surface area contributed by atoms with Crippen LogP contribution in [0.1, 0.15) is 24.0 Å². The fourth-order valence-electron chi connectivity index (χ4n) is 1.96. The van der Waals surface area contributed by atoms with Gasteiger partial charge < -0.3 is 0 Å². The number of aryl methyl sites for hydroxylation is 1. The van der Waals surface area contributed by atoms with Crippen LogP contribution in [-0.2, 0) is 11.2 Å². The zero-order chi connectivity index (χ0) is 14.2. The van der Waals surface area contributed by atoms with Gasteiger partial charge in [0.2, 0.25) is 0 Å². The van der Waals surface area contributed by atoms with E-state index in [1.54, 1.807) is 6.08 Å². The second-order valence-electron chi connectivity index (χ2n) is 4.69. The number of carbonyl (C=O) groups excluding carboxylic acids is 1. The van der Waals surface area contributed by atoms with Gasteiger partial charge in [0.05, 0.1) is 0 Å². The Kier molecular flexibility index (Phi) is 5.57. The highest BCUT2D eigenvalue weighted by Crippen LogP contribution is 2.11. The lowest BCUT2D eigenvalue weighted by molar-refractivity contribution is -0.114. The van der Waals surface area contributed by atoms with Gasteiger partial charge >= 0.3 is 0 Å². The van der Waals surface area contributed by atoms with Gasteiger partial charge in [-0.3, -0.25) is 4.79 Å². The topological polar surface area (TPSA) is 17.1 Å². The smallest absolute Gasteiger partial charge is 0.155 e. The van der Waals surface area contributed by atoms with Crippen molar-refractivity contribution in [1.29, 1.82) is 0 Å². The average Bonchev–Trinajstić information content (AvgIpc) is 2.48. The van der Waals surface area contributed by atoms with Crippen LogP contribution in [0.3, 0.4) is 0 Å². The summed E-state index contributed by atoms with van der Waals surface area (Å²) in [7, 11) is 0. The molecule has 0 aliphatic carbocycles. The minimum Gasteiger partial charge on any atom is -0.295 e. The van der Waals surface area contributed by atoms with E-state index in [0.29, 0.717) is 11.4 Å². The fraction of sp³-hybridized carbons (Fsp3) is 0.167. The van der Waals surface area contributed by atoms with Crippen LogP contribution in [0, 0.1) is 0 Å². The van der Waals surface area contributed by atoms with Crippen LogP contribution in [-0.4, -0.2) is 5.78 Å². The molecular formula is C18H17ClO. The molecule has 0 unspecified atom stereocenters. The van der Waals surface area contributed by atoms with E-state index in [4.69, 9.17) is 11.6 Å². The summed E-state index contributed by atoms with van der Waals surface area (Å²) in [6.45, 7) is 0. The number of carbonyl (C=O) groups is 1. The molecule has 0 atom stereocenters. The van der Waals surface area contributed by atoms with E-state index in [0.717, 1.165) is 18.4 Å². The summed E-state index contributed by atoms with van der Waals surface area (Å²) in [6, 6.07) is 17.7. The van der Waals surface area contributed by atoms with Crippen molar-refractivity contribution in [2.24, 2.45) is 0 Å². The zero-order valence-corrected chi connectivity index (χ0v) is 12.0. The summed E-state index contributed by atoms with van der Waals surface area (Å²) >= 11 is 5.81. The summed E-state index contributed by atoms with van der Waals surface area (Å²) in [5.74, 6) is 0.163. The Bertz CT molecular complexity index is 570. The number of benzene rings is 2. The first kappa shape index (κ1) is 14.5. The summed E-state index contributed by atoms with van der Waals surface area (Å²) in [6.07, 6.45) is 5.89. The lowest BCUT2D eigenvalue weighted by Crippen LogP contribution is -1.94. The standard InChI is InChI=1S/C18H17ClO/c19-17-12-9-16(10-13-17)11-14-18(20)8-4-7-15-5-2-1-3-6-15/h1-3,5-6,9-14H,4,7-8H2/b14-11+. The van der Waals surface area contributed by atoms with Crippen LogP contribution in [0.2, 0.25) is 5.02 Å². The maximum absolute atomic E-state index is 11.8. The molecule has 0 fully saturated rings. The Hall–Kier alpha value is -1.86. The number of halogens is 1. The van der Waals surface area contributed by atoms with Crippen LogP contribution in [0.15, 0.2) is 60.7 Å². The lowest BCUT2D eigenvalue weighted by Gasteiger charge is -1.99. The quantitative estimate of drug-likeness (QED) is 0.686. The Balaban J connectivity index is 1.76. The molecule has 0 saturated carbocycles. The molecule has 102 valence electrons. The number of rotatable bonds is 6. The molecule has 0 radical (unpaired) electrons. The molecule has 2 rings (SSSR count). The molecule has 0 saturated heterocycles. The van der Waals surface area contributed by atoms with E-state index < -0.39 is 0 Å². The minimum absolute atomic E-state index is 0.163. The van der Waals surface area contributed by atoms with Crippen LogP contribution < -0.4 is 0 Å². The molecule has 2 heteroatoms. The highest BCUT2D eigenvalue weighted by molar-refractivity contribution is 6.30. The van der Waals surface area contributed by atoms with Gasteiger partial charge in [-0.05, 0) is 42.2 Å². The third-order valence-electron chi connectivity index (χ3n) is 3.06. The highest BCUT2D eigenvalue weighted by atomic mass is 35.5. The second-order valence-corrected chi connectivity index (χ2v) is 5.13. The molecule has 1 nitrogen and oxygen atoms in total. The molecule has 2 aromatic rings. The van der Waals surface area contributed by atoms with Crippen molar-refractivity contribution in [3.63, 3.8) is 0 Å². The Labute approximate surface area is 124 Å². The molecule has 0 heterocycles. The highest BCUT2D eigenvalue weighted by Gasteiger charge is 1.98. The van der Waals surface area contributed by atoms with Gasteiger partial charge in [0.25, 0.3) is 0 Å². The van der Waals surface area contributed by atoms with Crippen LogP contribution in [0.5, 0.6) is 0 Å². The summed E-state index contributed by atoms with van der Waals surface area (Å²) in [5.41, 5.74) is 2.27. The van der Waals surface area contributed by atoms with Crippen LogP contribution in [0.4, 0.5) is 0 Å². The first-order valence-corrected chi connectivity index (χ1v) is 7.12. The van der Waals surface area contributed by atoms with Gasteiger partial charge in [-0.1, -0.05) is 60.1 Å². The molecule has 0 N–H and O–H groups in total. The second kappa shape index (κ2) is 7.66. The van der Waals surface area contributed by atoms with Crippen molar-refractivity contribution < 1.29 is 4.79 Å². The molecule has 0 aromatic heterocycles. The van der Waals surface area contributed by atoms with Gasteiger partial charge in [-0.15, -0.1) is 0 Å². The Morgan fingerprint density at radius 2 is 1.70 bits per heavy atom. The number of ketones is 1. The molecule has 0 amide bonds. The minimum atomic E-state index is 0.163. The van der Waals surface area contributed by atoms with Crippen molar-refractivity contribution in [1.82, 2.24) is 0 Å². The van der Waals surface area contributed by atoms with Gasteiger partial charge in [-0.2, -0.15) is 0 Å². The van der Waals surface area contributed by atoms with Crippen molar-refractivity contribution >= 4 is 23.5 Å². The summed E-state index contributed by atoms with van der Waals surface area (Å²) in [5, 5.41) is 0.705. The lowest BCUT2D eigenvalue weighted by atomic mass is 10.1. The first-order chi connectivity index (χ1) is 9.74. The van der Waals surface area contributed by atoms with E-state index in [9.17, 15) is 4.79 Å². The largest absolute Gasteiger partial charge is 0.295 e. The Morgan fingerprint density at radius 1 is 1.00 bits per heavy atom. The molecule has 2 aromatic carbocycles. The third kappa shape index (κ3) is 5.02. The maximum Gasteiger partial charge on any atom is 0.155 e. The van der Waals surface area contributed by atoms with E-state index >= 15 is 0 Å². The number of hydrogen-bond donors (Lipinski definition) is 0. The normalized spacial score (nSPS) is 10.8. The summed E-state index contributed by atoms with van der Waals surface area (Å²) in [4.78, 5) is 11.8. The van der Waals surface area contributed by atoms with Gasteiger partial charge in [-0.25, -0.2) is 0 Å². The SMILES string of the molecule is O=C(/C=C/c1ccc(Cl)cc1)CCCc1ccccc1. The van der Waals surface area contributed by atoms with Crippen molar-refractivity contribution in [2.45, 2.75) is 19.3 Å². The van der Waals surface area contributed by atoms with E-state index in [-0.39, 0.29) is 5.78 Å². The number of allylic oxidation sites excluding steroid dienone is 1. The van der Waals surface area contributed by atoms with Gasteiger partial charge in [0.1, 0.15) is 0 Å². The van der Waals surface area contributed by atoms with Crippen LogP contribution >= 0.6 is 11.6 Å². The molecule has 0 bridgehead atoms. The molecule has 0 spiro atoms. The number of hydrogen-bond acceptors (Lipinski definition) is 1. The van der Waals surface area contributed by atoms with Crippen molar-refractivity contribution in [3.8, 4) is 0 Å². The summed E-state index contributed by atoms with van der Waals surface area (Å²) < 4.78 is 0. The average molecular weight is 285 g/mol. The molecule has 0 aliphatic heterocycles. The Morgan fingerprint density at radius 3 is 2.40 bits per heavy atom. The maximum atomic E-state index is 11.8. The van der Waals surface area contributed by atoms with Gasteiger partial charge in [0, 0.05) is 11.4 Å². The fourth-order valence-corrected chi connectivity index (χ4v) is 2.08. The molecule has 20 heavy (non-hydrogen) atoms. The predicted octanol–water partition coefficient (Wildman–Crippen LogP) is 4.95. The van der Waals surface area contributed by atoms with Crippen molar-refractivity contribution in [2.75, 3.05) is 0 Å². The van der Waals surface area contributed by atoms with E-state index in [1.807, 2.05) is 48.5 Å². The van der Waals surface area contributed by atoms with Crippen molar-refractivity contribution in [3.05, 3.63) is 76.8 Å². The first-order valence-electron chi connectivity index (χ1n) is 6.74. The zero-order valence-electron chi connectivity index (χ0n) is 11.3. The third-order valence-corrected chi connectivity index (χ3v) is 3.32. The monoisotopic (exact) mass is 284 g/mol.